The second-order valence-corrected chi connectivity index (χ2v) is 4.98. The number of primary sulfonamides is 1. The SMILES string of the molecule is Cc1c(-c2ccco2)cccc1S(N)(=O)=O. The molecule has 2 rings (SSSR count). The molecule has 4 nitrogen and oxygen atoms in total. The maximum atomic E-state index is 11.3. The molecule has 0 radical (unpaired) electrons. The van der Waals surface area contributed by atoms with E-state index in [4.69, 9.17) is 9.56 Å². The third kappa shape index (κ3) is 1.87. The smallest absolute Gasteiger partial charge is 0.238 e. The Labute approximate surface area is 93.7 Å². The van der Waals surface area contributed by atoms with Crippen LogP contribution in [-0.2, 0) is 10.0 Å². The quantitative estimate of drug-likeness (QED) is 0.866. The zero-order valence-corrected chi connectivity index (χ0v) is 9.49. The predicted octanol–water partition coefficient (Wildman–Crippen LogP) is 1.90. The molecule has 5 heteroatoms. The molecule has 0 bridgehead atoms. The Bertz CT molecular complexity index is 600. The molecule has 16 heavy (non-hydrogen) atoms. The van der Waals surface area contributed by atoms with E-state index in [0.29, 0.717) is 11.3 Å². The standard InChI is InChI=1S/C11H11NO3S/c1-8-9(10-5-3-7-15-10)4-2-6-11(8)16(12,13)14/h2-7H,1H3,(H2,12,13,14). The van der Waals surface area contributed by atoms with Gasteiger partial charge in [0.2, 0.25) is 10.0 Å². The van der Waals surface area contributed by atoms with E-state index in [1.807, 2.05) is 0 Å². The predicted molar refractivity (Wildman–Crippen MR) is 60.3 cm³/mol. The zero-order chi connectivity index (χ0) is 11.8. The zero-order valence-electron chi connectivity index (χ0n) is 8.67. The van der Waals surface area contributed by atoms with Crippen molar-refractivity contribution in [2.45, 2.75) is 11.8 Å². The Morgan fingerprint density at radius 1 is 1.19 bits per heavy atom. The van der Waals surface area contributed by atoms with Crippen LogP contribution in [-0.4, -0.2) is 8.42 Å². The van der Waals surface area contributed by atoms with Crippen molar-refractivity contribution in [3.05, 3.63) is 42.2 Å². The summed E-state index contributed by atoms with van der Waals surface area (Å²) in [5, 5.41) is 5.12. The number of sulfonamides is 1. The number of benzene rings is 1. The van der Waals surface area contributed by atoms with Crippen LogP contribution in [0.5, 0.6) is 0 Å². The third-order valence-corrected chi connectivity index (χ3v) is 3.43. The fraction of sp³-hybridized carbons (Fsp3) is 0.0909. The second kappa shape index (κ2) is 3.77. The van der Waals surface area contributed by atoms with Crippen molar-refractivity contribution in [1.29, 1.82) is 0 Å². The van der Waals surface area contributed by atoms with Gasteiger partial charge < -0.3 is 4.42 Å². The highest BCUT2D eigenvalue weighted by molar-refractivity contribution is 7.89. The van der Waals surface area contributed by atoms with E-state index in [9.17, 15) is 8.42 Å². The molecule has 0 aliphatic carbocycles. The molecule has 0 spiro atoms. The van der Waals surface area contributed by atoms with Gasteiger partial charge in [0.1, 0.15) is 5.76 Å². The lowest BCUT2D eigenvalue weighted by atomic mass is 10.1. The summed E-state index contributed by atoms with van der Waals surface area (Å²) in [6.45, 7) is 1.71. The molecular formula is C11H11NO3S. The minimum absolute atomic E-state index is 0.126. The van der Waals surface area contributed by atoms with Gasteiger partial charge in [-0.2, -0.15) is 0 Å². The van der Waals surface area contributed by atoms with E-state index in [-0.39, 0.29) is 4.90 Å². The number of hydrogen-bond acceptors (Lipinski definition) is 3. The summed E-state index contributed by atoms with van der Waals surface area (Å²) in [5.74, 6) is 0.628. The van der Waals surface area contributed by atoms with Crippen molar-refractivity contribution >= 4 is 10.0 Å². The Hall–Kier alpha value is -1.59. The van der Waals surface area contributed by atoms with Crippen molar-refractivity contribution in [3.8, 4) is 11.3 Å². The molecule has 0 amide bonds. The second-order valence-electron chi connectivity index (χ2n) is 3.45. The molecule has 1 heterocycles. The average molecular weight is 237 g/mol. The Morgan fingerprint density at radius 3 is 2.50 bits per heavy atom. The third-order valence-electron chi connectivity index (χ3n) is 2.38. The van der Waals surface area contributed by atoms with Gasteiger partial charge in [0.25, 0.3) is 0 Å². The molecule has 0 saturated heterocycles. The fourth-order valence-corrected chi connectivity index (χ4v) is 2.43. The van der Waals surface area contributed by atoms with E-state index < -0.39 is 10.0 Å². The van der Waals surface area contributed by atoms with Crippen LogP contribution in [0.4, 0.5) is 0 Å². The molecular weight excluding hydrogens is 226 g/mol. The summed E-state index contributed by atoms with van der Waals surface area (Å²) in [7, 11) is -3.69. The van der Waals surface area contributed by atoms with Crippen molar-refractivity contribution in [1.82, 2.24) is 0 Å². The largest absolute Gasteiger partial charge is 0.464 e. The summed E-state index contributed by atoms with van der Waals surface area (Å²) < 4.78 is 27.9. The molecule has 0 fully saturated rings. The first-order valence-electron chi connectivity index (χ1n) is 4.66. The first-order valence-corrected chi connectivity index (χ1v) is 6.21. The minimum atomic E-state index is -3.69. The highest BCUT2D eigenvalue weighted by atomic mass is 32.2. The summed E-state index contributed by atoms with van der Waals surface area (Å²) >= 11 is 0. The molecule has 84 valence electrons. The van der Waals surface area contributed by atoms with Gasteiger partial charge in [0, 0.05) is 5.56 Å². The lowest BCUT2D eigenvalue weighted by Crippen LogP contribution is -2.13. The Morgan fingerprint density at radius 2 is 1.94 bits per heavy atom. The van der Waals surface area contributed by atoms with Gasteiger partial charge in [0.15, 0.2) is 0 Å². The van der Waals surface area contributed by atoms with Crippen LogP contribution in [0.2, 0.25) is 0 Å². The lowest BCUT2D eigenvalue weighted by molar-refractivity contribution is 0.581. The van der Waals surface area contributed by atoms with Crippen LogP contribution in [0, 0.1) is 6.92 Å². The minimum Gasteiger partial charge on any atom is -0.464 e. The fourth-order valence-electron chi connectivity index (χ4n) is 1.62. The number of nitrogens with two attached hydrogens (primary N) is 1. The Balaban J connectivity index is 2.67. The molecule has 2 N–H and O–H groups in total. The molecule has 0 atom stereocenters. The van der Waals surface area contributed by atoms with Gasteiger partial charge in [-0.05, 0) is 30.7 Å². The summed E-state index contributed by atoms with van der Waals surface area (Å²) in [6, 6.07) is 8.44. The summed E-state index contributed by atoms with van der Waals surface area (Å²) in [5.41, 5.74) is 1.33. The van der Waals surface area contributed by atoms with E-state index in [1.54, 1.807) is 37.5 Å². The first kappa shape index (κ1) is 10.9. The normalized spacial score (nSPS) is 11.6. The average Bonchev–Trinajstić information content (AvgIpc) is 2.69. The first-order chi connectivity index (χ1) is 7.50. The van der Waals surface area contributed by atoms with E-state index in [2.05, 4.69) is 0 Å². The molecule has 0 unspecified atom stereocenters. The van der Waals surface area contributed by atoms with E-state index in [0.717, 1.165) is 5.56 Å². The van der Waals surface area contributed by atoms with Crippen molar-refractivity contribution in [3.63, 3.8) is 0 Å². The molecule has 0 saturated carbocycles. The topological polar surface area (TPSA) is 73.3 Å². The molecule has 1 aromatic carbocycles. The van der Waals surface area contributed by atoms with Gasteiger partial charge in [0.05, 0.1) is 11.2 Å². The van der Waals surface area contributed by atoms with Crippen LogP contribution < -0.4 is 5.14 Å². The van der Waals surface area contributed by atoms with Crippen molar-refractivity contribution in [2.75, 3.05) is 0 Å². The van der Waals surface area contributed by atoms with Gasteiger partial charge >= 0.3 is 0 Å². The van der Waals surface area contributed by atoms with Crippen LogP contribution in [0.15, 0.2) is 45.9 Å². The van der Waals surface area contributed by atoms with Crippen LogP contribution in [0.25, 0.3) is 11.3 Å². The van der Waals surface area contributed by atoms with Crippen molar-refractivity contribution in [2.24, 2.45) is 5.14 Å². The lowest BCUT2D eigenvalue weighted by Gasteiger charge is -2.07. The number of hydrogen-bond donors (Lipinski definition) is 1. The molecule has 0 aliphatic heterocycles. The van der Waals surface area contributed by atoms with E-state index >= 15 is 0 Å². The number of furan rings is 1. The Kier molecular flexibility index (Phi) is 2.57. The van der Waals surface area contributed by atoms with Crippen molar-refractivity contribution < 1.29 is 12.8 Å². The monoisotopic (exact) mass is 237 g/mol. The maximum Gasteiger partial charge on any atom is 0.238 e. The van der Waals surface area contributed by atoms with E-state index in [1.165, 1.54) is 6.07 Å². The highest BCUT2D eigenvalue weighted by Gasteiger charge is 2.15. The van der Waals surface area contributed by atoms with Crippen LogP contribution >= 0.6 is 0 Å². The van der Waals surface area contributed by atoms with Crippen LogP contribution in [0.1, 0.15) is 5.56 Å². The summed E-state index contributed by atoms with van der Waals surface area (Å²) in [6.07, 6.45) is 1.54. The van der Waals surface area contributed by atoms with Crippen LogP contribution in [0.3, 0.4) is 0 Å². The van der Waals surface area contributed by atoms with Gasteiger partial charge in [-0.1, -0.05) is 12.1 Å². The summed E-state index contributed by atoms with van der Waals surface area (Å²) in [4.78, 5) is 0.126. The van der Waals surface area contributed by atoms with Gasteiger partial charge in [-0.15, -0.1) is 0 Å². The highest BCUT2D eigenvalue weighted by Crippen LogP contribution is 2.27. The molecule has 2 aromatic rings. The maximum absolute atomic E-state index is 11.3. The number of rotatable bonds is 2. The molecule has 1 aromatic heterocycles. The molecule has 0 aliphatic rings. The van der Waals surface area contributed by atoms with Gasteiger partial charge in [-0.3, -0.25) is 0 Å². The van der Waals surface area contributed by atoms with Gasteiger partial charge in [-0.25, -0.2) is 13.6 Å².